The van der Waals surface area contributed by atoms with Crippen LogP contribution in [0.1, 0.15) is 18.9 Å². The molecule has 11 heteroatoms. The number of nitrogens with zero attached hydrogens (tertiary/aromatic N) is 4. The van der Waals surface area contributed by atoms with Crippen molar-refractivity contribution in [2.75, 3.05) is 32.6 Å². The summed E-state index contributed by atoms with van der Waals surface area (Å²) in [5.74, 6) is 0. The summed E-state index contributed by atoms with van der Waals surface area (Å²) >= 11 is 0. The maximum absolute atomic E-state index is 12.1. The summed E-state index contributed by atoms with van der Waals surface area (Å²) in [7, 11) is -3.24. The molecule has 24 heavy (non-hydrogen) atoms. The predicted molar refractivity (Wildman–Crippen MR) is 84.8 cm³/mol. The first-order valence-electron chi connectivity index (χ1n) is 7.90. The van der Waals surface area contributed by atoms with Gasteiger partial charge in [-0.25, -0.2) is 17.9 Å². The highest BCUT2D eigenvalue weighted by Gasteiger charge is 2.33. The third kappa shape index (κ3) is 3.84. The minimum atomic E-state index is -3.24. The number of ether oxygens (including phenoxy) is 1. The molecular weight excluding hydrogens is 336 g/mol. The van der Waals surface area contributed by atoms with Crippen LogP contribution in [0.4, 0.5) is 4.79 Å². The molecule has 3 atom stereocenters. The third-order valence-corrected chi connectivity index (χ3v) is 5.73. The highest BCUT2D eigenvalue weighted by Crippen LogP contribution is 2.20. The zero-order valence-electron chi connectivity index (χ0n) is 13.5. The van der Waals surface area contributed by atoms with E-state index in [9.17, 15) is 13.2 Å². The normalized spacial score (nSPS) is 28.1. The minimum Gasteiger partial charge on any atom is -0.377 e. The first-order chi connectivity index (χ1) is 11.4. The fraction of sp³-hybridized carbons (Fsp3) is 0.769. The Morgan fingerprint density at radius 2 is 2.25 bits per heavy atom. The monoisotopic (exact) mass is 358 g/mol. The van der Waals surface area contributed by atoms with Crippen molar-refractivity contribution in [2.24, 2.45) is 0 Å². The Morgan fingerprint density at radius 1 is 1.42 bits per heavy atom. The van der Waals surface area contributed by atoms with E-state index in [0.717, 1.165) is 12.8 Å². The topological polar surface area (TPSA) is 118 Å². The Morgan fingerprint density at radius 3 is 2.96 bits per heavy atom. The fourth-order valence-corrected chi connectivity index (χ4v) is 4.40. The highest BCUT2D eigenvalue weighted by atomic mass is 32.2. The molecule has 2 amide bonds. The second kappa shape index (κ2) is 7.03. The molecule has 2 fully saturated rings. The van der Waals surface area contributed by atoms with Crippen LogP contribution in [0.3, 0.4) is 0 Å². The number of amides is 2. The van der Waals surface area contributed by atoms with Crippen LogP contribution < -0.4 is 10.6 Å². The number of aromatic nitrogens is 3. The number of nitrogens with one attached hydrogen (secondary N) is 2. The lowest BCUT2D eigenvalue weighted by molar-refractivity contribution is 0.180. The van der Waals surface area contributed by atoms with Crippen molar-refractivity contribution >= 4 is 16.1 Å². The first kappa shape index (κ1) is 17.1. The molecule has 2 aliphatic rings. The van der Waals surface area contributed by atoms with Crippen LogP contribution in [-0.2, 0) is 14.8 Å². The number of hydrogen-bond acceptors (Lipinski definition) is 6. The van der Waals surface area contributed by atoms with Gasteiger partial charge in [0, 0.05) is 25.3 Å². The number of sulfonamides is 1. The van der Waals surface area contributed by atoms with E-state index in [-0.39, 0.29) is 24.2 Å². The number of urea groups is 1. The Balaban J connectivity index is 1.51. The molecule has 0 spiro atoms. The summed E-state index contributed by atoms with van der Waals surface area (Å²) in [6, 6.07) is -0.828. The lowest BCUT2D eigenvalue weighted by Gasteiger charge is -2.23. The van der Waals surface area contributed by atoms with Gasteiger partial charge in [-0.05, 0) is 12.8 Å². The Kier molecular flexibility index (Phi) is 5.01. The van der Waals surface area contributed by atoms with E-state index < -0.39 is 10.0 Å². The summed E-state index contributed by atoms with van der Waals surface area (Å²) in [6.07, 6.45) is 6.07. The average molecular weight is 358 g/mol. The number of carbonyl (C=O) groups is 1. The van der Waals surface area contributed by atoms with Crippen molar-refractivity contribution in [3.63, 3.8) is 0 Å². The number of rotatable bonds is 5. The van der Waals surface area contributed by atoms with Crippen molar-refractivity contribution in [1.29, 1.82) is 0 Å². The van der Waals surface area contributed by atoms with Crippen molar-refractivity contribution in [2.45, 2.75) is 31.0 Å². The summed E-state index contributed by atoms with van der Waals surface area (Å²) in [5.41, 5.74) is 0. The second-order valence-corrected chi connectivity index (χ2v) is 8.05. The van der Waals surface area contributed by atoms with E-state index in [4.69, 9.17) is 4.74 Å². The van der Waals surface area contributed by atoms with Gasteiger partial charge in [0.1, 0.15) is 0 Å². The molecule has 134 valence electrons. The van der Waals surface area contributed by atoms with E-state index in [1.54, 1.807) is 17.1 Å². The molecule has 0 aromatic carbocycles. The molecule has 0 saturated carbocycles. The van der Waals surface area contributed by atoms with Crippen LogP contribution in [0, 0.1) is 0 Å². The van der Waals surface area contributed by atoms with Crippen LogP contribution in [0.2, 0.25) is 0 Å². The smallest absolute Gasteiger partial charge is 0.315 e. The van der Waals surface area contributed by atoms with Crippen molar-refractivity contribution in [3.8, 4) is 0 Å². The maximum Gasteiger partial charge on any atom is 0.315 e. The van der Waals surface area contributed by atoms with E-state index in [2.05, 4.69) is 20.9 Å². The Bertz CT molecular complexity index is 664. The maximum atomic E-state index is 12.1. The fourth-order valence-electron chi connectivity index (χ4n) is 3.22. The lowest BCUT2D eigenvalue weighted by atomic mass is 10.2. The van der Waals surface area contributed by atoms with E-state index in [1.807, 2.05) is 0 Å². The summed E-state index contributed by atoms with van der Waals surface area (Å²) in [5, 5.41) is 13.3. The van der Waals surface area contributed by atoms with Crippen molar-refractivity contribution in [1.82, 2.24) is 29.9 Å². The molecule has 0 bridgehead atoms. The third-order valence-electron chi connectivity index (χ3n) is 4.40. The quantitative estimate of drug-likeness (QED) is 0.693. The molecule has 2 aliphatic heterocycles. The molecule has 2 saturated heterocycles. The van der Waals surface area contributed by atoms with E-state index in [1.165, 1.54) is 10.6 Å². The van der Waals surface area contributed by atoms with Crippen molar-refractivity contribution < 1.29 is 17.9 Å². The van der Waals surface area contributed by atoms with Gasteiger partial charge in [0.2, 0.25) is 10.0 Å². The standard InChI is InChI=1S/C13H22N6O4S/c1-24(21,22)19-5-2-3-10(19)7-14-13(20)16-11-8-23-9-12(11)18-6-4-15-17-18/h4,6,10-12H,2-3,5,7-9H2,1H3,(H2,14,16,20)/t10-,11+,12-/m1/s1. The number of carbonyl (C=O) groups excluding carboxylic acids is 1. The molecule has 0 radical (unpaired) electrons. The molecule has 10 nitrogen and oxygen atoms in total. The average Bonchev–Trinajstić information content (AvgIpc) is 3.25. The Hall–Kier alpha value is -1.72. The molecule has 3 rings (SSSR count). The van der Waals surface area contributed by atoms with E-state index in [0.29, 0.717) is 26.3 Å². The Labute approximate surface area is 140 Å². The summed E-state index contributed by atoms with van der Waals surface area (Å²) in [4.78, 5) is 12.1. The van der Waals surface area contributed by atoms with Gasteiger partial charge in [-0.15, -0.1) is 5.10 Å². The zero-order valence-corrected chi connectivity index (χ0v) is 14.3. The zero-order chi connectivity index (χ0) is 17.2. The van der Waals surface area contributed by atoms with Gasteiger partial charge < -0.3 is 15.4 Å². The van der Waals surface area contributed by atoms with Crippen LogP contribution >= 0.6 is 0 Å². The highest BCUT2D eigenvalue weighted by molar-refractivity contribution is 7.88. The molecule has 1 aromatic heterocycles. The summed E-state index contributed by atoms with van der Waals surface area (Å²) in [6.45, 7) is 1.66. The lowest BCUT2D eigenvalue weighted by Crippen LogP contribution is -2.49. The van der Waals surface area contributed by atoms with Gasteiger partial charge >= 0.3 is 6.03 Å². The first-order valence-corrected chi connectivity index (χ1v) is 9.74. The van der Waals surface area contributed by atoms with Gasteiger partial charge in [0.05, 0.1) is 37.8 Å². The molecule has 0 unspecified atom stereocenters. The molecular formula is C13H22N6O4S. The molecule has 1 aromatic rings. The predicted octanol–water partition coefficient (Wildman–Crippen LogP) is -1.06. The minimum absolute atomic E-state index is 0.0998. The van der Waals surface area contributed by atoms with Gasteiger partial charge in [-0.1, -0.05) is 5.21 Å². The number of hydrogen-bond donors (Lipinski definition) is 2. The van der Waals surface area contributed by atoms with Crippen molar-refractivity contribution in [3.05, 3.63) is 12.4 Å². The van der Waals surface area contributed by atoms with Gasteiger partial charge in [-0.2, -0.15) is 4.31 Å². The van der Waals surface area contributed by atoms with Gasteiger partial charge in [0.15, 0.2) is 0 Å². The molecule has 2 N–H and O–H groups in total. The van der Waals surface area contributed by atoms with Crippen LogP contribution in [-0.4, -0.2) is 78.4 Å². The summed E-state index contributed by atoms with van der Waals surface area (Å²) < 4.78 is 31.9. The van der Waals surface area contributed by atoms with Crippen LogP contribution in [0.15, 0.2) is 12.4 Å². The largest absolute Gasteiger partial charge is 0.377 e. The molecule has 0 aliphatic carbocycles. The van der Waals surface area contributed by atoms with Crippen LogP contribution in [0.25, 0.3) is 0 Å². The molecule has 3 heterocycles. The SMILES string of the molecule is CS(=O)(=O)N1CCC[C@@H]1CNC(=O)N[C@H]1COC[C@H]1n1ccnn1. The van der Waals surface area contributed by atoms with Crippen LogP contribution in [0.5, 0.6) is 0 Å². The van der Waals surface area contributed by atoms with E-state index >= 15 is 0 Å². The van der Waals surface area contributed by atoms with Gasteiger partial charge in [0.25, 0.3) is 0 Å². The van der Waals surface area contributed by atoms with Gasteiger partial charge in [-0.3, -0.25) is 0 Å². The second-order valence-electron chi connectivity index (χ2n) is 6.12.